The van der Waals surface area contributed by atoms with E-state index in [1.165, 1.54) is 27.2 Å². The number of furan rings is 2. The fourth-order valence-corrected chi connectivity index (χ4v) is 16.8. The average Bonchev–Trinajstić information content (AvgIpc) is 1.57. The van der Waals surface area contributed by atoms with Gasteiger partial charge >= 0.3 is 0 Å². The first-order valence-corrected chi connectivity index (χ1v) is 39.6. The van der Waals surface area contributed by atoms with E-state index in [1.54, 1.807) is 0 Å². The van der Waals surface area contributed by atoms with Gasteiger partial charge in [0, 0.05) is 99.0 Å². The van der Waals surface area contributed by atoms with Gasteiger partial charge in [0.25, 0.3) is 0 Å². The smallest absolute Gasteiger partial charge is 0.164 e. The lowest BCUT2D eigenvalue weighted by atomic mass is 10.0. The maximum atomic E-state index is 6.79. The molecule has 0 bridgehead atoms. The molecule has 0 aliphatic heterocycles. The van der Waals surface area contributed by atoms with Gasteiger partial charge in [-0.15, -0.1) is 0 Å². The molecule has 0 spiro atoms. The highest BCUT2D eigenvalue weighted by atomic mass is 16.3. The molecule has 0 saturated heterocycles. The highest BCUT2D eigenvalue weighted by molar-refractivity contribution is 6.20. The fourth-order valence-electron chi connectivity index (χ4n) is 16.8. The van der Waals surface area contributed by atoms with Gasteiger partial charge < -0.3 is 18.0 Å². The van der Waals surface area contributed by atoms with Crippen LogP contribution in [0.15, 0.2) is 421 Å². The van der Waals surface area contributed by atoms with Crippen LogP contribution < -0.4 is 0 Å². The van der Waals surface area contributed by atoms with Crippen molar-refractivity contribution >= 4 is 87.5 Å². The lowest BCUT2D eigenvalue weighted by Gasteiger charge is -2.11. The molecule has 10 nitrogen and oxygen atoms in total. The molecule has 23 aromatic rings. The fraction of sp³-hybridized carbons (Fsp3) is 0. The lowest BCUT2D eigenvalue weighted by molar-refractivity contribution is 0.670. The Balaban J connectivity index is 0.000000143. The zero-order valence-corrected chi connectivity index (χ0v) is 63.7. The Morgan fingerprint density at radius 3 is 0.805 bits per heavy atom. The van der Waals surface area contributed by atoms with Gasteiger partial charge in [0.05, 0.1) is 22.1 Å². The van der Waals surface area contributed by atoms with Crippen LogP contribution in [-0.4, -0.2) is 39.0 Å². The summed E-state index contributed by atoms with van der Waals surface area (Å²) in [6.45, 7) is 0. The molecule has 0 fully saturated rings. The molecule has 0 aliphatic rings. The highest BCUT2D eigenvalue weighted by Gasteiger charge is 2.23. The van der Waals surface area contributed by atoms with Crippen molar-refractivity contribution in [2.24, 2.45) is 0 Å². The Morgan fingerprint density at radius 1 is 0.161 bits per heavy atom. The average molecular weight is 1510 g/mol. The summed E-state index contributed by atoms with van der Waals surface area (Å²) in [6, 6.07) is 144. The summed E-state index contributed by atoms with van der Waals surface area (Å²) in [5.41, 5.74) is 26.8. The third-order valence-electron chi connectivity index (χ3n) is 22.5. The minimum atomic E-state index is 0.605. The van der Waals surface area contributed by atoms with Crippen LogP contribution in [-0.2, 0) is 0 Å². The van der Waals surface area contributed by atoms with Gasteiger partial charge in [-0.25, -0.2) is 29.9 Å². The predicted molar refractivity (Wildman–Crippen MR) is 483 cm³/mol. The Morgan fingerprint density at radius 2 is 0.424 bits per heavy atom. The van der Waals surface area contributed by atoms with E-state index in [0.29, 0.717) is 34.9 Å². The van der Waals surface area contributed by atoms with Crippen molar-refractivity contribution in [2.45, 2.75) is 0 Å². The summed E-state index contributed by atoms with van der Waals surface area (Å²) in [5.74, 6) is 3.71. The first-order valence-electron chi connectivity index (χ1n) is 39.6. The Kier molecular flexibility index (Phi) is 17.0. The van der Waals surface area contributed by atoms with Gasteiger partial charge in [0.15, 0.2) is 34.9 Å². The molecular weight excluding hydrogens is 1440 g/mol. The van der Waals surface area contributed by atoms with E-state index in [4.69, 9.17) is 38.7 Å². The first-order chi connectivity index (χ1) is 58.5. The monoisotopic (exact) mass is 1510 g/mol. The lowest BCUT2D eigenvalue weighted by Crippen LogP contribution is -2.00. The number of para-hydroxylation sites is 6. The molecule has 0 saturated carbocycles. The second-order valence-corrected chi connectivity index (χ2v) is 29.6. The number of fused-ring (bicyclic) bond motifs is 12. The van der Waals surface area contributed by atoms with Crippen LogP contribution in [0.4, 0.5) is 0 Å². The number of hydrogen-bond donors (Lipinski definition) is 0. The summed E-state index contributed by atoms with van der Waals surface area (Å²) < 4.78 is 18.2. The van der Waals surface area contributed by atoms with Crippen molar-refractivity contribution in [1.82, 2.24) is 39.0 Å². The molecule has 0 aliphatic carbocycles. The molecule has 10 heteroatoms. The van der Waals surface area contributed by atoms with Crippen LogP contribution in [0.2, 0.25) is 0 Å². The SMILES string of the molecule is c1ccc(-c2ccc(-c3nc(-c4ccc(-c5cccc6c5oc5cc7c8ccccc8n(-c8ccccc8)c7cc56)cc4)nc(-c4cccc(-c5ccccc5)c4)n3)cc2)cc1.c1ccc(-c2cccc(-c3nc(-c4ccccc4)nc(-c4ccc(-c5cccc6c5oc5cc7c8ccccc8n(-c8ccccc8)c7cc56)cc4)n3)c2)cc1. The van der Waals surface area contributed by atoms with Crippen LogP contribution in [0.5, 0.6) is 0 Å². The second-order valence-electron chi connectivity index (χ2n) is 29.6. The number of rotatable bonds is 13. The standard InChI is InChI=1S/C57H36N4O.C51H32N4O/c1-4-14-37(15-5-1)39-26-30-41(31-27-39)55-58-56(60-57(59-55)44-19-12-18-43(34-44)38-16-6-2-7-17-38)42-32-28-40(29-33-42)46-23-13-24-48-50-35-52-49(36-53(50)62-54(46)48)47-22-10-11-25-51(47)61(52)45-20-8-3-9-21-45;1-4-14-33(15-5-1)37-18-12-19-38(30-37)51-53-49(35-16-6-2-7-17-35)52-50(54-51)36-28-26-34(27-29-36)40-23-13-24-42-44-31-46-43(32-47(44)56-48(40)42)41-22-10-11-25-45(41)55(46)39-20-8-3-9-21-39/h1-36H;1-32H. The molecule has 0 atom stereocenters. The molecular formula is C108H68N8O2. The van der Waals surface area contributed by atoms with Crippen molar-refractivity contribution in [3.63, 3.8) is 0 Å². The van der Waals surface area contributed by atoms with Crippen molar-refractivity contribution in [1.29, 1.82) is 0 Å². The molecule has 17 aromatic carbocycles. The second kappa shape index (κ2) is 29.2. The Hall–Kier alpha value is -16.0. The van der Waals surface area contributed by atoms with E-state index in [0.717, 1.165) is 161 Å². The quantitative estimate of drug-likeness (QED) is 0.112. The molecule has 0 amide bonds. The molecule has 0 radical (unpaired) electrons. The number of nitrogens with zero attached hydrogens (tertiary/aromatic N) is 8. The first kappa shape index (κ1) is 68.7. The van der Waals surface area contributed by atoms with Gasteiger partial charge in [-0.3, -0.25) is 0 Å². The Labute approximate surface area is 678 Å². The molecule has 6 aromatic heterocycles. The van der Waals surface area contributed by atoms with Crippen molar-refractivity contribution in [3.8, 4) is 135 Å². The third kappa shape index (κ3) is 12.5. The Bertz CT molecular complexity index is 7740. The summed E-state index contributed by atoms with van der Waals surface area (Å²) in [6.07, 6.45) is 0. The van der Waals surface area contributed by atoms with Gasteiger partial charge in [0.1, 0.15) is 22.3 Å². The largest absolute Gasteiger partial charge is 0.455 e. The van der Waals surface area contributed by atoms with Crippen molar-refractivity contribution in [3.05, 3.63) is 413 Å². The van der Waals surface area contributed by atoms with Crippen LogP contribution in [0.1, 0.15) is 0 Å². The van der Waals surface area contributed by atoms with Crippen LogP contribution in [0.25, 0.3) is 223 Å². The van der Waals surface area contributed by atoms with Crippen LogP contribution in [0, 0.1) is 0 Å². The van der Waals surface area contributed by atoms with Gasteiger partial charge in [-0.2, -0.15) is 0 Å². The summed E-state index contributed by atoms with van der Waals surface area (Å²) in [4.78, 5) is 30.3. The maximum Gasteiger partial charge on any atom is 0.164 e. The van der Waals surface area contributed by atoms with E-state index in [-0.39, 0.29) is 0 Å². The normalized spacial score (nSPS) is 11.6. The molecule has 6 heterocycles. The molecule has 118 heavy (non-hydrogen) atoms. The molecule has 0 N–H and O–H groups in total. The molecule has 23 rings (SSSR count). The van der Waals surface area contributed by atoms with Gasteiger partial charge in [-0.05, 0) is 117 Å². The zero-order valence-electron chi connectivity index (χ0n) is 63.7. The summed E-state index contributed by atoms with van der Waals surface area (Å²) in [5, 5.41) is 9.07. The van der Waals surface area contributed by atoms with Gasteiger partial charge in [0.2, 0.25) is 0 Å². The van der Waals surface area contributed by atoms with E-state index < -0.39 is 0 Å². The minimum Gasteiger partial charge on any atom is -0.455 e. The molecule has 552 valence electrons. The van der Waals surface area contributed by atoms with E-state index in [2.05, 4.69) is 373 Å². The minimum absolute atomic E-state index is 0.605. The predicted octanol–water partition coefficient (Wildman–Crippen LogP) is 28.1. The third-order valence-corrected chi connectivity index (χ3v) is 22.5. The summed E-state index contributed by atoms with van der Waals surface area (Å²) in [7, 11) is 0. The number of hydrogen-bond acceptors (Lipinski definition) is 8. The maximum absolute atomic E-state index is 6.79. The topological polar surface area (TPSA) is 113 Å². The highest BCUT2D eigenvalue weighted by Crippen LogP contribution is 2.45. The van der Waals surface area contributed by atoms with Crippen molar-refractivity contribution in [2.75, 3.05) is 0 Å². The summed E-state index contributed by atoms with van der Waals surface area (Å²) >= 11 is 0. The zero-order chi connectivity index (χ0) is 78.0. The van der Waals surface area contributed by atoms with Gasteiger partial charge in [-0.1, -0.05) is 340 Å². The van der Waals surface area contributed by atoms with Crippen molar-refractivity contribution < 1.29 is 8.83 Å². The number of aromatic nitrogens is 8. The van der Waals surface area contributed by atoms with Crippen LogP contribution >= 0.6 is 0 Å². The number of benzene rings is 17. The van der Waals surface area contributed by atoms with Crippen LogP contribution in [0.3, 0.4) is 0 Å². The van der Waals surface area contributed by atoms with E-state index in [1.807, 2.05) is 48.5 Å². The molecule has 0 unspecified atom stereocenters. The van der Waals surface area contributed by atoms with E-state index in [9.17, 15) is 0 Å². The van der Waals surface area contributed by atoms with E-state index >= 15 is 0 Å².